The molecule has 0 aromatic carbocycles. The van der Waals surface area contributed by atoms with E-state index in [2.05, 4.69) is 0 Å². The van der Waals surface area contributed by atoms with Gasteiger partial charge in [0.2, 0.25) is 0 Å². The second kappa shape index (κ2) is 3.88. The zero-order chi connectivity index (χ0) is 9.99. The third-order valence-corrected chi connectivity index (χ3v) is 3.47. The summed E-state index contributed by atoms with van der Waals surface area (Å²) in [7, 11) is -3.56. The van der Waals surface area contributed by atoms with Crippen LogP contribution < -0.4 is 0 Å². The van der Waals surface area contributed by atoms with E-state index < -0.39 is 18.9 Å². The van der Waals surface area contributed by atoms with Crippen molar-refractivity contribution in [1.82, 2.24) is 0 Å². The lowest BCUT2D eigenvalue weighted by atomic mass is 10.2. The minimum Gasteiger partial charge on any atom is -0.393 e. The average Bonchev–Trinajstić information content (AvgIpc) is 1.85. The Morgan fingerprint density at radius 1 is 1.50 bits per heavy atom. The van der Waals surface area contributed by atoms with Gasteiger partial charge in [-0.15, -0.1) is 0 Å². The maximum Gasteiger partial charge on any atom is 0.331 e. The van der Waals surface area contributed by atoms with Gasteiger partial charge in [0.25, 0.3) is 0 Å². The summed E-state index contributed by atoms with van der Waals surface area (Å²) in [6.45, 7) is 6.07. The Morgan fingerprint density at radius 3 is 2.17 bits per heavy atom. The lowest BCUT2D eigenvalue weighted by Gasteiger charge is -2.27. The van der Waals surface area contributed by atoms with Gasteiger partial charge >= 0.3 is 7.60 Å². The van der Waals surface area contributed by atoms with Crippen LogP contribution in [-0.2, 0) is 9.09 Å². The van der Waals surface area contributed by atoms with E-state index in [9.17, 15) is 9.46 Å². The summed E-state index contributed by atoms with van der Waals surface area (Å²) in [5, 5.41) is 8.78. The molecule has 12 heavy (non-hydrogen) atoms. The van der Waals surface area contributed by atoms with E-state index in [1.165, 1.54) is 0 Å². The molecule has 1 atom stereocenters. The van der Waals surface area contributed by atoms with E-state index in [0.717, 1.165) is 0 Å². The monoisotopic (exact) mass is 196 g/mol. The SMILES string of the molecule is CC(C)P(=O)(O)OC(C)(C)CO. The maximum atomic E-state index is 11.3. The molecule has 2 N–H and O–H groups in total. The molecule has 1 unspecified atom stereocenters. The molecule has 0 radical (unpaired) electrons. The van der Waals surface area contributed by atoms with Crippen molar-refractivity contribution < 1.29 is 19.1 Å². The van der Waals surface area contributed by atoms with Gasteiger partial charge in [0.15, 0.2) is 0 Å². The third kappa shape index (κ3) is 3.68. The van der Waals surface area contributed by atoms with Crippen LogP contribution in [0.1, 0.15) is 27.7 Å². The highest BCUT2D eigenvalue weighted by atomic mass is 31.2. The predicted molar refractivity (Wildman–Crippen MR) is 47.2 cm³/mol. The first-order chi connectivity index (χ1) is 5.21. The highest BCUT2D eigenvalue weighted by Crippen LogP contribution is 2.50. The van der Waals surface area contributed by atoms with Crippen molar-refractivity contribution in [2.24, 2.45) is 0 Å². The normalized spacial score (nSPS) is 17.9. The smallest absolute Gasteiger partial charge is 0.331 e. The molecule has 0 aromatic rings. The van der Waals surface area contributed by atoms with Crippen LogP contribution in [0.25, 0.3) is 0 Å². The largest absolute Gasteiger partial charge is 0.393 e. The van der Waals surface area contributed by atoms with Crippen molar-refractivity contribution in [3.8, 4) is 0 Å². The van der Waals surface area contributed by atoms with Crippen LogP contribution >= 0.6 is 7.60 Å². The van der Waals surface area contributed by atoms with Crippen molar-refractivity contribution in [3.05, 3.63) is 0 Å². The summed E-state index contributed by atoms with van der Waals surface area (Å²) >= 11 is 0. The Balaban J connectivity index is 4.35. The van der Waals surface area contributed by atoms with Crippen molar-refractivity contribution in [1.29, 1.82) is 0 Å². The minimum atomic E-state index is -3.56. The van der Waals surface area contributed by atoms with Crippen LogP contribution in [-0.4, -0.2) is 27.9 Å². The van der Waals surface area contributed by atoms with E-state index in [4.69, 9.17) is 9.63 Å². The number of aliphatic hydroxyl groups is 1. The summed E-state index contributed by atoms with van der Waals surface area (Å²) in [5.74, 6) is 0. The summed E-state index contributed by atoms with van der Waals surface area (Å²) in [5.41, 5.74) is -1.39. The highest BCUT2D eigenvalue weighted by molar-refractivity contribution is 7.53. The number of hydrogen-bond acceptors (Lipinski definition) is 3. The zero-order valence-corrected chi connectivity index (χ0v) is 8.84. The number of rotatable bonds is 4. The lowest BCUT2D eigenvalue weighted by Crippen LogP contribution is -2.28. The standard InChI is InChI=1S/C7H17O4P/c1-6(2)12(9,10)11-7(3,4)5-8/h6,8H,5H2,1-4H3,(H,9,10). The predicted octanol–water partition coefficient (Wildman–Crippen LogP) is 1.37. The Kier molecular flexibility index (Phi) is 3.91. The van der Waals surface area contributed by atoms with Crippen LogP contribution in [0.3, 0.4) is 0 Å². The average molecular weight is 196 g/mol. The van der Waals surface area contributed by atoms with E-state index in [0.29, 0.717) is 0 Å². The Morgan fingerprint density at radius 2 is 1.92 bits per heavy atom. The molecular formula is C7H17O4P. The second-order valence-electron chi connectivity index (χ2n) is 3.67. The van der Waals surface area contributed by atoms with Gasteiger partial charge in [-0.05, 0) is 13.8 Å². The number of hydrogen-bond donors (Lipinski definition) is 2. The fourth-order valence-corrected chi connectivity index (χ4v) is 1.47. The molecule has 0 aliphatic rings. The van der Waals surface area contributed by atoms with Gasteiger partial charge in [0, 0.05) is 0 Å². The summed E-state index contributed by atoms with van der Waals surface area (Å²) in [6.07, 6.45) is 0. The molecule has 4 nitrogen and oxygen atoms in total. The first-order valence-corrected chi connectivity index (χ1v) is 5.50. The van der Waals surface area contributed by atoms with Crippen LogP contribution in [0.4, 0.5) is 0 Å². The second-order valence-corrected chi connectivity index (χ2v) is 6.01. The van der Waals surface area contributed by atoms with Gasteiger partial charge < -0.3 is 10.00 Å². The van der Waals surface area contributed by atoms with E-state index in [1.54, 1.807) is 27.7 Å². The Hall–Kier alpha value is 0.110. The van der Waals surface area contributed by atoms with Gasteiger partial charge in [-0.1, -0.05) is 13.8 Å². The molecule has 0 saturated heterocycles. The fourth-order valence-electron chi connectivity index (χ4n) is 0.488. The molecule has 0 bridgehead atoms. The van der Waals surface area contributed by atoms with E-state index in [-0.39, 0.29) is 6.61 Å². The first kappa shape index (κ1) is 12.1. The molecular weight excluding hydrogens is 179 g/mol. The molecule has 0 aliphatic heterocycles. The maximum absolute atomic E-state index is 11.3. The van der Waals surface area contributed by atoms with Crippen molar-refractivity contribution in [3.63, 3.8) is 0 Å². The topological polar surface area (TPSA) is 66.8 Å². The molecule has 0 aliphatic carbocycles. The van der Waals surface area contributed by atoms with Crippen LogP contribution in [0, 0.1) is 0 Å². The van der Waals surface area contributed by atoms with Gasteiger partial charge in [0.05, 0.1) is 17.9 Å². The first-order valence-electron chi connectivity index (χ1n) is 3.85. The molecule has 0 heterocycles. The van der Waals surface area contributed by atoms with Gasteiger partial charge in [-0.25, -0.2) is 0 Å². The summed E-state index contributed by atoms with van der Waals surface area (Å²) < 4.78 is 16.2. The Bertz CT molecular complexity index is 188. The number of aliphatic hydroxyl groups excluding tert-OH is 1. The van der Waals surface area contributed by atoms with Crippen LogP contribution in [0.15, 0.2) is 0 Å². The van der Waals surface area contributed by atoms with Gasteiger partial charge in [-0.3, -0.25) is 9.09 Å². The fraction of sp³-hybridized carbons (Fsp3) is 1.00. The highest BCUT2D eigenvalue weighted by Gasteiger charge is 2.32. The summed E-state index contributed by atoms with van der Waals surface area (Å²) in [6, 6.07) is 0. The van der Waals surface area contributed by atoms with Crippen LogP contribution in [0.5, 0.6) is 0 Å². The van der Waals surface area contributed by atoms with Crippen LogP contribution in [0.2, 0.25) is 0 Å². The molecule has 74 valence electrons. The molecule has 0 saturated carbocycles. The van der Waals surface area contributed by atoms with Gasteiger partial charge in [-0.2, -0.15) is 0 Å². The Labute approximate surface area is 73.1 Å². The molecule has 0 fully saturated rings. The van der Waals surface area contributed by atoms with E-state index in [1.807, 2.05) is 0 Å². The molecule has 0 spiro atoms. The lowest BCUT2D eigenvalue weighted by molar-refractivity contribution is 0.0303. The molecule has 0 rings (SSSR count). The third-order valence-electron chi connectivity index (χ3n) is 1.41. The molecule has 0 aromatic heterocycles. The van der Waals surface area contributed by atoms with E-state index >= 15 is 0 Å². The minimum absolute atomic E-state index is 0.274. The van der Waals surface area contributed by atoms with Crippen molar-refractivity contribution in [2.45, 2.75) is 39.0 Å². The van der Waals surface area contributed by atoms with Crippen molar-refractivity contribution >= 4 is 7.60 Å². The quantitative estimate of drug-likeness (QED) is 0.666. The summed E-state index contributed by atoms with van der Waals surface area (Å²) in [4.78, 5) is 9.28. The zero-order valence-electron chi connectivity index (χ0n) is 7.94. The van der Waals surface area contributed by atoms with Gasteiger partial charge in [0.1, 0.15) is 0 Å². The van der Waals surface area contributed by atoms with Crippen molar-refractivity contribution in [2.75, 3.05) is 6.61 Å². The molecule has 0 amide bonds. The molecule has 5 heteroatoms.